The molecule has 3 nitrogen and oxygen atoms in total. The summed E-state index contributed by atoms with van der Waals surface area (Å²) < 4.78 is 5.49. The van der Waals surface area contributed by atoms with Gasteiger partial charge in [-0.25, -0.2) is 0 Å². The van der Waals surface area contributed by atoms with Gasteiger partial charge in [0.15, 0.2) is 0 Å². The van der Waals surface area contributed by atoms with Gasteiger partial charge in [-0.15, -0.1) is 0 Å². The highest BCUT2D eigenvalue weighted by Gasteiger charge is 2.06. The highest BCUT2D eigenvalue weighted by molar-refractivity contribution is 5.59. The Labute approximate surface area is 77.3 Å². The predicted octanol–water partition coefficient (Wildman–Crippen LogP) is 1.98. The first kappa shape index (κ1) is 8.23. The van der Waals surface area contributed by atoms with Gasteiger partial charge < -0.3 is 15.2 Å². The second kappa shape index (κ2) is 3.56. The smallest absolute Gasteiger partial charge is 0.146 e. The summed E-state index contributed by atoms with van der Waals surface area (Å²) in [6, 6.07) is 5.15. The highest BCUT2D eigenvalue weighted by atomic mass is 16.5. The second-order valence-electron chi connectivity index (χ2n) is 3.16. The fourth-order valence-electron chi connectivity index (χ4n) is 1.41. The number of hydrogen-bond donors (Lipinski definition) is 2. The van der Waals surface area contributed by atoms with Gasteiger partial charge in [0.25, 0.3) is 0 Å². The quantitative estimate of drug-likeness (QED) is 0.598. The molecular formula is C10H13NO2. The number of ether oxygens (including phenoxy) is 1. The van der Waals surface area contributed by atoms with E-state index in [9.17, 15) is 5.11 Å². The van der Waals surface area contributed by atoms with Crippen LogP contribution >= 0.6 is 0 Å². The average molecular weight is 179 g/mol. The average Bonchev–Trinajstić information content (AvgIpc) is 2.08. The van der Waals surface area contributed by atoms with Crippen LogP contribution in [0.15, 0.2) is 18.2 Å². The molecule has 0 radical (unpaired) electrons. The van der Waals surface area contributed by atoms with Crippen LogP contribution in [0.2, 0.25) is 0 Å². The van der Waals surface area contributed by atoms with Crippen molar-refractivity contribution in [2.24, 2.45) is 0 Å². The van der Waals surface area contributed by atoms with Crippen LogP contribution in [-0.2, 0) is 0 Å². The Morgan fingerprint density at radius 2 is 2.23 bits per heavy atom. The largest absolute Gasteiger partial charge is 0.508 e. The maximum absolute atomic E-state index is 9.24. The number of fused-ring (bicyclic) bond motifs is 1. The van der Waals surface area contributed by atoms with E-state index in [1.54, 1.807) is 12.1 Å². The summed E-state index contributed by atoms with van der Waals surface area (Å²) >= 11 is 0. The fourth-order valence-corrected chi connectivity index (χ4v) is 1.41. The standard InChI is InChI=1S/C10H13NO2/c12-8-3-4-9-10(7-8)13-6-2-1-5-11-9/h3-4,7,11-12H,1-2,5-6H2. The summed E-state index contributed by atoms with van der Waals surface area (Å²) in [6.07, 6.45) is 2.18. The zero-order valence-electron chi connectivity index (χ0n) is 7.42. The van der Waals surface area contributed by atoms with Crippen molar-refractivity contribution in [3.63, 3.8) is 0 Å². The van der Waals surface area contributed by atoms with Gasteiger partial charge in [0.1, 0.15) is 11.5 Å². The molecule has 0 atom stereocenters. The molecule has 2 N–H and O–H groups in total. The molecule has 0 aliphatic carbocycles. The summed E-state index contributed by atoms with van der Waals surface area (Å²) in [6.45, 7) is 1.71. The van der Waals surface area contributed by atoms with Crippen LogP contribution in [-0.4, -0.2) is 18.3 Å². The number of hydrogen-bond acceptors (Lipinski definition) is 3. The molecule has 70 valence electrons. The summed E-state index contributed by atoms with van der Waals surface area (Å²) in [5.41, 5.74) is 0.970. The molecule has 1 aliphatic heterocycles. The van der Waals surface area contributed by atoms with Crippen LogP contribution in [0.5, 0.6) is 11.5 Å². The summed E-state index contributed by atoms with van der Waals surface area (Å²) in [4.78, 5) is 0. The molecule has 0 unspecified atom stereocenters. The molecule has 1 aromatic rings. The van der Waals surface area contributed by atoms with Crippen molar-refractivity contribution in [1.82, 2.24) is 0 Å². The molecule has 13 heavy (non-hydrogen) atoms. The number of phenols is 1. The van der Waals surface area contributed by atoms with Crippen molar-refractivity contribution in [1.29, 1.82) is 0 Å². The Balaban J connectivity index is 2.28. The van der Waals surface area contributed by atoms with Crippen molar-refractivity contribution in [2.45, 2.75) is 12.8 Å². The van der Waals surface area contributed by atoms with Crippen molar-refractivity contribution in [3.8, 4) is 11.5 Å². The third kappa shape index (κ3) is 1.86. The zero-order chi connectivity index (χ0) is 9.10. The van der Waals surface area contributed by atoms with Gasteiger partial charge in [-0.2, -0.15) is 0 Å². The molecular weight excluding hydrogens is 166 g/mol. The van der Waals surface area contributed by atoms with E-state index in [4.69, 9.17) is 4.74 Å². The van der Waals surface area contributed by atoms with E-state index in [0.717, 1.165) is 37.4 Å². The van der Waals surface area contributed by atoms with E-state index in [1.165, 1.54) is 0 Å². The van der Waals surface area contributed by atoms with Crippen LogP contribution < -0.4 is 10.1 Å². The van der Waals surface area contributed by atoms with Crippen molar-refractivity contribution < 1.29 is 9.84 Å². The molecule has 0 saturated carbocycles. The topological polar surface area (TPSA) is 41.5 Å². The van der Waals surface area contributed by atoms with Gasteiger partial charge in [-0.3, -0.25) is 0 Å². The Morgan fingerprint density at radius 1 is 1.31 bits per heavy atom. The number of anilines is 1. The molecule has 0 amide bonds. The van der Waals surface area contributed by atoms with E-state index in [0.29, 0.717) is 0 Å². The first-order valence-electron chi connectivity index (χ1n) is 4.56. The summed E-state index contributed by atoms with van der Waals surface area (Å²) in [7, 11) is 0. The highest BCUT2D eigenvalue weighted by Crippen LogP contribution is 2.29. The predicted molar refractivity (Wildman–Crippen MR) is 51.3 cm³/mol. The Hall–Kier alpha value is -1.38. The minimum Gasteiger partial charge on any atom is -0.508 e. The summed E-state index contributed by atoms with van der Waals surface area (Å²) in [5.74, 6) is 1.00. The molecule has 1 heterocycles. The Bertz CT molecular complexity index is 299. The van der Waals surface area contributed by atoms with E-state index >= 15 is 0 Å². The lowest BCUT2D eigenvalue weighted by molar-refractivity contribution is 0.304. The molecule has 0 fully saturated rings. The molecule has 0 bridgehead atoms. The minimum atomic E-state index is 0.251. The molecule has 0 saturated heterocycles. The second-order valence-corrected chi connectivity index (χ2v) is 3.16. The van der Waals surface area contributed by atoms with Gasteiger partial charge in [-0.05, 0) is 25.0 Å². The number of benzene rings is 1. The number of rotatable bonds is 0. The van der Waals surface area contributed by atoms with Gasteiger partial charge >= 0.3 is 0 Å². The first-order valence-corrected chi connectivity index (χ1v) is 4.56. The van der Waals surface area contributed by atoms with Gasteiger partial charge in [0, 0.05) is 12.6 Å². The van der Waals surface area contributed by atoms with Gasteiger partial charge in [0.05, 0.1) is 12.3 Å². The van der Waals surface area contributed by atoms with E-state index in [1.807, 2.05) is 6.07 Å². The molecule has 0 aromatic heterocycles. The zero-order valence-corrected chi connectivity index (χ0v) is 7.42. The third-order valence-corrected chi connectivity index (χ3v) is 2.11. The van der Waals surface area contributed by atoms with E-state index < -0.39 is 0 Å². The van der Waals surface area contributed by atoms with Crippen LogP contribution in [0.1, 0.15) is 12.8 Å². The lowest BCUT2D eigenvalue weighted by Gasteiger charge is -2.16. The van der Waals surface area contributed by atoms with Crippen LogP contribution in [0.25, 0.3) is 0 Å². The van der Waals surface area contributed by atoms with Crippen molar-refractivity contribution in [3.05, 3.63) is 18.2 Å². The molecule has 2 rings (SSSR count). The molecule has 1 aliphatic rings. The normalized spacial score (nSPS) is 16.0. The van der Waals surface area contributed by atoms with E-state index in [2.05, 4.69) is 5.32 Å². The fraction of sp³-hybridized carbons (Fsp3) is 0.400. The number of phenolic OH excluding ortho intramolecular Hbond substituents is 1. The first-order chi connectivity index (χ1) is 6.36. The van der Waals surface area contributed by atoms with Crippen LogP contribution in [0.4, 0.5) is 5.69 Å². The van der Waals surface area contributed by atoms with E-state index in [-0.39, 0.29) is 5.75 Å². The van der Waals surface area contributed by atoms with Crippen LogP contribution in [0.3, 0.4) is 0 Å². The van der Waals surface area contributed by atoms with Gasteiger partial charge in [-0.1, -0.05) is 0 Å². The van der Waals surface area contributed by atoms with Gasteiger partial charge in [0.2, 0.25) is 0 Å². The minimum absolute atomic E-state index is 0.251. The maximum Gasteiger partial charge on any atom is 0.146 e. The number of nitrogens with one attached hydrogen (secondary N) is 1. The summed E-state index contributed by atoms with van der Waals surface area (Å²) in [5, 5.41) is 12.5. The Kier molecular flexibility index (Phi) is 2.25. The monoisotopic (exact) mass is 179 g/mol. The number of aromatic hydroxyl groups is 1. The van der Waals surface area contributed by atoms with Crippen molar-refractivity contribution in [2.75, 3.05) is 18.5 Å². The maximum atomic E-state index is 9.24. The molecule has 3 heteroatoms. The third-order valence-electron chi connectivity index (χ3n) is 2.11. The molecule has 0 spiro atoms. The molecule has 1 aromatic carbocycles. The van der Waals surface area contributed by atoms with Crippen LogP contribution in [0, 0.1) is 0 Å². The van der Waals surface area contributed by atoms with Crippen molar-refractivity contribution >= 4 is 5.69 Å². The SMILES string of the molecule is Oc1ccc2c(c1)OCCCCN2. The Morgan fingerprint density at radius 3 is 3.15 bits per heavy atom. The lowest BCUT2D eigenvalue weighted by Crippen LogP contribution is -2.10. The lowest BCUT2D eigenvalue weighted by atomic mass is 10.2.